The Morgan fingerprint density at radius 3 is 2.45 bits per heavy atom. The van der Waals surface area contributed by atoms with Crippen LogP contribution in [0.5, 0.6) is 0 Å². The molecule has 1 fully saturated rings. The van der Waals surface area contributed by atoms with Crippen LogP contribution in [0.15, 0.2) is 21.1 Å². The van der Waals surface area contributed by atoms with Gasteiger partial charge in [0, 0.05) is 17.7 Å². The second-order valence-electron chi connectivity index (χ2n) is 7.80. The van der Waals surface area contributed by atoms with E-state index in [1.165, 1.54) is 12.1 Å². The summed E-state index contributed by atoms with van der Waals surface area (Å²) in [4.78, 5) is 25.0. The molecular formula is C20H29BBr2FN3O4. The number of carbonyl (C=O) groups is 2. The number of halogens is 3. The number of nitrogens with one attached hydrogen (secondary N) is 3. The molecule has 3 N–H and O–H groups in total. The largest absolute Gasteiger partial charge is 0.480 e. The molecular weight excluding hydrogens is 536 g/mol. The minimum atomic E-state index is -0.568. The lowest BCUT2D eigenvalue weighted by atomic mass is 9.73. The summed E-state index contributed by atoms with van der Waals surface area (Å²) in [5.74, 6) is -1.52. The topological polar surface area (TPSA) is 88.7 Å². The zero-order chi connectivity index (χ0) is 22.8. The molecule has 0 spiro atoms. The van der Waals surface area contributed by atoms with Gasteiger partial charge in [-0.05, 0) is 66.3 Å². The Labute approximate surface area is 200 Å². The molecule has 2 amide bonds. The number of benzene rings is 1. The van der Waals surface area contributed by atoms with Gasteiger partial charge in [0.1, 0.15) is 5.82 Å². The summed E-state index contributed by atoms with van der Waals surface area (Å²) in [6.45, 7) is 6.69. The van der Waals surface area contributed by atoms with Crippen molar-refractivity contribution in [3.8, 4) is 0 Å². The minimum Gasteiger partial charge on any atom is -0.410 e. The Kier molecular flexibility index (Phi) is 11.4. The summed E-state index contributed by atoms with van der Waals surface area (Å²) in [6.07, 6.45) is 2.39. The van der Waals surface area contributed by atoms with E-state index in [1.54, 1.807) is 0 Å². The number of rotatable bonds is 7. The van der Waals surface area contributed by atoms with Gasteiger partial charge in [0.15, 0.2) is 0 Å². The lowest BCUT2D eigenvalue weighted by molar-refractivity contribution is -0.120. The van der Waals surface area contributed by atoms with Gasteiger partial charge in [-0.1, -0.05) is 29.8 Å². The Bertz CT molecular complexity index is 747. The molecule has 1 atom stereocenters. The molecule has 0 radical (unpaired) electrons. The van der Waals surface area contributed by atoms with Gasteiger partial charge in [0.2, 0.25) is 5.91 Å². The van der Waals surface area contributed by atoms with E-state index in [2.05, 4.69) is 61.7 Å². The average molecular weight is 565 g/mol. The molecule has 2 rings (SSSR count). The Morgan fingerprint density at radius 1 is 1.19 bits per heavy atom. The third kappa shape index (κ3) is 9.17. The average Bonchev–Trinajstić information content (AvgIpc) is 2.72. The summed E-state index contributed by atoms with van der Waals surface area (Å²) in [5, 5.41) is 8.79. The number of amides is 2. The van der Waals surface area contributed by atoms with Crippen LogP contribution in [0.3, 0.4) is 0 Å². The first-order chi connectivity index (χ1) is 14.8. The summed E-state index contributed by atoms with van der Waals surface area (Å²) < 4.78 is 26.1. The maximum Gasteiger partial charge on any atom is 0.480 e. The first-order valence-corrected chi connectivity index (χ1v) is 12.0. The molecule has 1 heterocycles. The molecule has 0 bridgehead atoms. The number of hydrogen-bond acceptors (Lipinski definition) is 5. The summed E-state index contributed by atoms with van der Waals surface area (Å²) >= 11 is 6.24. The molecule has 1 aromatic carbocycles. The van der Waals surface area contributed by atoms with Gasteiger partial charge >= 0.3 is 7.12 Å². The van der Waals surface area contributed by atoms with E-state index in [4.69, 9.17) is 9.31 Å². The molecule has 1 saturated heterocycles. The highest BCUT2D eigenvalue weighted by atomic mass is 79.9. The predicted molar refractivity (Wildman–Crippen MR) is 125 cm³/mol. The van der Waals surface area contributed by atoms with Crippen LogP contribution in [-0.2, 0) is 14.1 Å². The first-order valence-electron chi connectivity index (χ1n) is 10.4. The van der Waals surface area contributed by atoms with Crippen LogP contribution >= 0.6 is 31.9 Å². The fourth-order valence-corrected chi connectivity index (χ4v) is 4.02. The first kappa shape index (κ1) is 26.2. The van der Waals surface area contributed by atoms with Gasteiger partial charge in [-0.15, -0.1) is 0 Å². The number of carbonyl (C=O) groups excluding carboxylic acids is 2. The van der Waals surface area contributed by atoms with E-state index in [9.17, 15) is 14.0 Å². The lowest BCUT2D eigenvalue weighted by Gasteiger charge is -2.27. The second kappa shape index (κ2) is 13.5. The molecule has 1 aliphatic rings. The highest BCUT2D eigenvalue weighted by molar-refractivity contribution is 9.11. The molecule has 1 aromatic rings. The monoisotopic (exact) mass is 563 g/mol. The normalized spacial score (nSPS) is 16.6. The van der Waals surface area contributed by atoms with Crippen molar-refractivity contribution < 1.29 is 23.3 Å². The van der Waals surface area contributed by atoms with E-state index in [0.29, 0.717) is 30.0 Å². The van der Waals surface area contributed by atoms with Gasteiger partial charge in [-0.2, -0.15) is 0 Å². The van der Waals surface area contributed by atoms with Crippen LogP contribution in [0.4, 0.5) is 4.39 Å². The van der Waals surface area contributed by atoms with Crippen molar-refractivity contribution in [2.24, 2.45) is 5.92 Å². The molecule has 0 saturated carbocycles. The Balaban J connectivity index is 1.97. The van der Waals surface area contributed by atoms with Crippen LogP contribution in [0.25, 0.3) is 0 Å². The SMILES string of the molecule is CC(C)C[C@H](NC(=O)CNC(=O)c1cc(Br)cc(F)c1Br)B1OCCCNCCCO1. The highest BCUT2D eigenvalue weighted by Gasteiger charge is 2.32. The van der Waals surface area contributed by atoms with E-state index >= 15 is 0 Å². The maximum absolute atomic E-state index is 13.8. The van der Waals surface area contributed by atoms with Crippen LogP contribution in [0, 0.1) is 11.7 Å². The summed E-state index contributed by atoms with van der Waals surface area (Å²) in [7, 11) is -0.548. The fourth-order valence-electron chi connectivity index (χ4n) is 3.18. The second-order valence-corrected chi connectivity index (χ2v) is 9.51. The lowest BCUT2D eigenvalue weighted by Crippen LogP contribution is -2.52. The van der Waals surface area contributed by atoms with Crippen molar-refractivity contribution in [2.75, 3.05) is 32.8 Å². The van der Waals surface area contributed by atoms with Crippen molar-refractivity contribution in [3.05, 3.63) is 32.5 Å². The summed E-state index contributed by atoms with van der Waals surface area (Å²) in [6, 6.07) is 2.73. The third-order valence-electron chi connectivity index (χ3n) is 4.61. The van der Waals surface area contributed by atoms with Crippen molar-refractivity contribution in [1.29, 1.82) is 0 Å². The van der Waals surface area contributed by atoms with Crippen molar-refractivity contribution in [2.45, 2.75) is 39.1 Å². The van der Waals surface area contributed by atoms with Crippen molar-refractivity contribution in [1.82, 2.24) is 16.0 Å². The van der Waals surface area contributed by atoms with Gasteiger partial charge in [-0.25, -0.2) is 4.39 Å². The van der Waals surface area contributed by atoms with E-state index in [1.807, 2.05) is 0 Å². The standard InChI is InChI=1S/C20H29BBr2FN3O4/c1-13(2)9-17(21-30-7-3-5-25-6-4-8-31-21)27-18(28)12-26-20(29)15-10-14(22)11-16(24)19(15)23/h10-11,13,17,25H,3-9,12H2,1-2H3,(H,26,29)(H,27,28)/t17-/m0/s1. The van der Waals surface area contributed by atoms with Crippen LogP contribution in [0.2, 0.25) is 0 Å². The number of hydrogen-bond donors (Lipinski definition) is 3. The minimum absolute atomic E-state index is 0.0455. The molecule has 172 valence electrons. The van der Waals surface area contributed by atoms with Gasteiger partial charge in [0.05, 0.1) is 22.5 Å². The zero-order valence-corrected chi connectivity index (χ0v) is 21.0. The van der Waals surface area contributed by atoms with E-state index in [-0.39, 0.29) is 28.4 Å². The summed E-state index contributed by atoms with van der Waals surface area (Å²) in [5.41, 5.74) is 0.103. The van der Waals surface area contributed by atoms with E-state index in [0.717, 1.165) is 25.9 Å². The van der Waals surface area contributed by atoms with Crippen molar-refractivity contribution >= 4 is 50.8 Å². The van der Waals surface area contributed by atoms with Crippen LogP contribution in [-0.4, -0.2) is 57.7 Å². The fraction of sp³-hybridized carbons (Fsp3) is 0.600. The molecule has 31 heavy (non-hydrogen) atoms. The van der Waals surface area contributed by atoms with Gasteiger partial charge < -0.3 is 25.3 Å². The molecule has 0 aliphatic carbocycles. The van der Waals surface area contributed by atoms with Crippen LogP contribution in [0.1, 0.15) is 43.5 Å². The zero-order valence-electron chi connectivity index (χ0n) is 17.8. The Hall–Kier alpha value is -1.01. The molecule has 0 unspecified atom stereocenters. The quantitative estimate of drug-likeness (QED) is 0.350. The van der Waals surface area contributed by atoms with Crippen molar-refractivity contribution in [3.63, 3.8) is 0 Å². The van der Waals surface area contributed by atoms with Crippen LogP contribution < -0.4 is 16.0 Å². The molecule has 1 aliphatic heterocycles. The highest BCUT2D eigenvalue weighted by Crippen LogP contribution is 2.25. The van der Waals surface area contributed by atoms with Gasteiger partial charge in [-0.3, -0.25) is 9.59 Å². The maximum atomic E-state index is 13.8. The third-order valence-corrected chi connectivity index (χ3v) is 5.87. The molecule has 0 aromatic heterocycles. The Morgan fingerprint density at radius 2 is 1.84 bits per heavy atom. The molecule has 7 nitrogen and oxygen atoms in total. The predicted octanol–water partition coefficient (Wildman–Crippen LogP) is 3.06. The van der Waals surface area contributed by atoms with E-state index < -0.39 is 18.8 Å². The smallest absolute Gasteiger partial charge is 0.410 e. The van der Waals surface area contributed by atoms with Gasteiger partial charge in [0.25, 0.3) is 5.91 Å². The molecule has 11 heteroatoms.